The molecular weight excluding hydrogens is 378 g/mol. The van der Waals surface area contributed by atoms with Gasteiger partial charge in [-0.25, -0.2) is 0 Å². The zero-order valence-electron chi connectivity index (χ0n) is 16.7. The van der Waals surface area contributed by atoms with Gasteiger partial charge >= 0.3 is 0 Å². The second-order valence-corrected chi connectivity index (χ2v) is 8.48. The van der Waals surface area contributed by atoms with Gasteiger partial charge in [-0.1, -0.05) is 18.2 Å². The van der Waals surface area contributed by atoms with E-state index in [1.54, 1.807) is 12.3 Å². The van der Waals surface area contributed by atoms with Crippen LogP contribution >= 0.6 is 0 Å². The molecular formula is C24H23N3O3. The second-order valence-electron chi connectivity index (χ2n) is 8.48. The van der Waals surface area contributed by atoms with E-state index in [4.69, 9.17) is 9.47 Å². The quantitative estimate of drug-likeness (QED) is 0.674. The third-order valence-electron chi connectivity index (χ3n) is 6.46. The van der Waals surface area contributed by atoms with Gasteiger partial charge in [0.15, 0.2) is 11.5 Å². The molecule has 0 radical (unpaired) electrons. The second kappa shape index (κ2) is 6.99. The Kier molecular flexibility index (Phi) is 4.13. The van der Waals surface area contributed by atoms with Crippen LogP contribution in [-0.4, -0.2) is 34.3 Å². The summed E-state index contributed by atoms with van der Waals surface area (Å²) in [6, 6.07) is 15.8. The number of ether oxygens (including phenoxy) is 2. The topological polar surface area (TPSA) is 56.6 Å². The smallest absolute Gasteiger partial charge is 0.251 e. The highest BCUT2D eigenvalue weighted by atomic mass is 16.7. The molecule has 3 aliphatic heterocycles. The fourth-order valence-electron chi connectivity index (χ4n) is 5.22. The molecule has 2 atom stereocenters. The maximum atomic E-state index is 12.9. The molecule has 1 aromatic carbocycles. The minimum absolute atomic E-state index is 0.0859. The van der Waals surface area contributed by atoms with Gasteiger partial charge in [-0.05, 0) is 36.6 Å². The molecule has 3 aromatic rings. The Morgan fingerprint density at radius 1 is 1.03 bits per heavy atom. The first-order valence-corrected chi connectivity index (χ1v) is 10.5. The van der Waals surface area contributed by atoms with Crippen LogP contribution in [0.4, 0.5) is 0 Å². The number of rotatable bonds is 3. The van der Waals surface area contributed by atoms with E-state index in [1.165, 1.54) is 5.56 Å². The predicted octanol–water partition coefficient (Wildman–Crippen LogP) is 3.26. The lowest BCUT2D eigenvalue weighted by Crippen LogP contribution is -2.46. The molecule has 0 spiro atoms. The summed E-state index contributed by atoms with van der Waals surface area (Å²) in [4.78, 5) is 19.8. The normalized spacial score (nSPS) is 22.0. The number of likely N-dealkylation sites (tertiary alicyclic amines) is 1. The number of benzene rings is 1. The van der Waals surface area contributed by atoms with E-state index in [9.17, 15) is 4.79 Å². The third-order valence-corrected chi connectivity index (χ3v) is 6.46. The Morgan fingerprint density at radius 2 is 2.00 bits per heavy atom. The average Bonchev–Trinajstić information content (AvgIpc) is 3.25. The first-order valence-electron chi connectivity index (χ1n) is 10.5. The first-order chi connectivity index (χ1) is 14.7. The lowest BCUT2D eigenvalue weighted by Gasteiger charge is -2.43. The first kappa shape index (κ1) is 17.7. The standard InChI is InChI=1S/C24H23N3O3/c28-23-10-18(20-5-1-2-7-25-20)9-21-19-8-16(12-27(21)23)11-26(14-19)13-17-4-3-6-22-24(17)30-15-29-22/h1-7,9-10,16,19H,8,11-15H2/t16-,19+/m0/s1. The number of nitrogens with zero attached hydrogens (tertiary/aromatic N) is 3. The molecule has 6 rings (SSSR count). The Hall–Kier alpha value is -3.12. The SMILES string of the molecule is O=c1cc(-c2ccccn2)cc2n1C[C@H]1C[C@@H]2CN(Cc2cccc3c2OCO3)C1. The fraction of sp³-hybridized carbons (Fsp3) is 0.333. The molecule has 0 amide bonds. The molecule has 5 heterocycles. The van der Waals surface area contributed by atoms with Crippen molar-refractivity contribution < 1.29 is 9.47 Å². The number of fused-ring (bicyclic) bond motifs is 5. The van der Waals surface area contributed by atoms with Crippen LogP contribution in [0.2, 0.25) is 0 Å². The van der Waals surface area contributed by atoms with Gasteiger partial charge in [0, 0.05) is 61.2 Å². The molecule has 6 nitrogen and oxygen atoms in total. The minimum Gasteiger partial charge on any atom is -0.454 e. The van der Waals surface area contributed by atoms with Crippen molar-refractivity contribution in [3.05, 3.63) is 76.3 Å². The number of pyridine rings is 2. The number of piperidine rings is 1. The largest absolute Gasteiger partial charge is 0.454 e. The van der Waals surface area contributed by atoms with Gasteiger partial charge in [-0.3, -0.25) is 14.7 Å². The van der Waals surface area contributed by atoms with Gasteiger partial charge < -0.3 is 14.0 Å². The Balaban J connectivity index is 1.31. The van der Waals surface area contributed by atoms with Gasteiger partial charge in [-0.15, -0.1) is 0 Å². The number of hydrogen-bond donors (Lipinski definition) is 0. The lowest BCUT2D eigenvalue weighted by molar-refractivity contribution is 0.113. The van der Waals surface area contributed by atoms with Crippen LogP contribution in [0.15, 0.2) is 59.5 Å². The van der Waals surface area contributed by atoms with Crippen LogP contribution in [0.1, 0.15) is 23.6 Å². The van der Waals surface area contributed by atoms with Crippen LogP contribution in [0.25, 0.3) is 11.3 Å². The summed E-state index contributed by atoms with van der Waals surface area (Å²) in [5, 5.41) is 0. The van der Waals surface area contributed by atoms with E-state index in [0.29, 0.717) is 18.6 Å². The van der Waals surface area contributed by atoms with E-state index < -0.39 is 0 Å². The fourth-order valence-corrected chi connectivity index (χ4v) is 5.22. The predicted molar refractivity (Wildman–Crippen MR) is 113 cm³/mol. The Bertz CT molecular complexity index is 1160. The minimum atomic E-state index is 0.0859. The molecule has 30 heavy (non-hydrogen) atoms. The van der Waals surface area contributed by atoms with Crippen molar-refractivity contribution in [2.45, 2.75) is 25.4 Å². The number of hydrogen-bond acceptors (Lipinski definition) is 5. The monoisotopic (exact) mass is 401 g/mol. The van der Waals surface area contributed by atoms with Gasteiger partial charge in [0.05, 0.1) is 5.69 Å². The van der Waals surface area contributed by atoms with E-state index in [-0.39, 0.29) is 5.56 Å². The summed E-state index contributed by atoms with van der Waals surface area (Å²) in [6.45, 7) is 3.85. The molecule has 1 fully saturated rings. The molecule has 152 valence electrons. The third kappa shape index (κ3) is 2.99. The zero-order chi connectivity index (χ0) is 20.1. The highest BCUT2D eigenvalue weighted by Crippen LogP contribution is 2.39. The molecule has 0 aliphatic carbocycles. The summed E-state index contributed by atoms with van der Waals surface area (Å²) in [5.74, 6) is 2.55. The number of aromatic nitrogens is 2. The van der Waals surface area contributed by atoms with Crippen molar-refractivity contribution in [2.75, 3.05) is 19.9 Å². The van der Waals surface area contributed by atoms with E-state index in [2.05, 4.69) is 22.0 Å². The van der Waals surface area contributed by atoms with Crippen LogP contribution in [-0.2, 0) is 13.1 Å². The maximum Gasteiger partial charge on any atom is 0.251 e. The summed E-state index contributed by atoms with van der Waals surface area (Å²) in [6.07, 6.45) is 2.91. The highest BCUT2D eigenvalue weighted by molar-refractivity contribution is 5.59. The summed E-state index contributed by atoms with van der Waals surface area (Å²) < 4.78 is 13.2. The van der Waals surface area contributed by atoms with Crippen molar-refractivity contribution in [1.82, 2.24) is 14.5 Å². The van der Waals surface area contributed by atoms with Crippen molar-refractivity contribution in [1.29, 1.82) is 0 Å². The van der Waals surface area contributed by atoms with Gasteiger partial charge in [0.25, 0.3) is 5.56 Å². The average molecular weight is 401 g/mol. The summed E-state index contributed by atoms with van der Waals surface area (Å²) in [7, 11) is 0. The van der Waals surface area contributed by atoms with E-state index in [0.717, 1.165) is 61.1 Å². The lowest BCUT2D eigenvalue weighted by atomic mass is 9.82. The zero-order valence-corrected chi connectivity index (χ0v) is 16.7. The van der Waals surface area contributed by atoms with Crippen LogP contribution in [0.3, 0.4) is 0 Å². The molecule has 2 bridgehead atoms. The van der Waals surface area contributed by atoms with Crippen LogP contribution in [0, 0.1) is 5.92 Å². The van der Waals surface area contributed by atoms with Crippen LogP contribution < -0.4 is 15.0 Å². The van der Waals surface area contributed by atoms with E-state index >= 15 is 0 Å². The van der Waals surface area contributed by atoms with E-state index in [1.807, 2.05) is 34.9 Å². The molecule has 0 unspecified atom stereocenters. The molecule has 6 heteroatoms. The van der Waals surface area contributed by atoms with Crippen molar-refractivity contribution >= 4 is 0 Å². The van der Waals surface area contributed by atoms with Gasteiger partial charge in [0.1, 0.15) is 0 Å². The molecule has 1 saturated heterocycles. The van der Waals surface area contributed by atoms with Crippen molar-refractivity contribution in [2.24, 2.45) is 5.92 Å². The maximum absolute atomic E-state index is 12.9. The van der Waals surface area contributed by atoms with Crippen molar-refractivity contribution in [3.8, 4) is 22.8 Å². The Labute approximate surface area is 174 Å². The Morgan fingerprint density at radius 3 is 2.90 bits per heavy atom. The summed E-state index contributed by atoms with van der Waals surface area (Å²) in [5.41, 5.74) is 4.16. The van der Waals surface area contributed by atoms with Crippen molar-refractivity contribution in [3.63, 3.8) is 0 Å². The van der Waals surface area contributed by atoms with Crippen LogP contribution in [0.5, 0.6) is 11.5 Å². The molecule has 2 aromatic heterocycles. The molecule has 0 saturated carbocycles. The van der Waals surface area contributed by atoms with Gasteiger partial charge in [-0.2, -0.15) is 0 Å². The highest BCUT2D eigenvalue weighted by Gasteiger charge is 2.35. The molecule has 0 N–H and O–H groups in total. The van der Waals surface area contributed by atoms with Gasteiger partial charge in [0.2, 0.25) is 6.79 Å². The summed E-state index contributed by atoms with van der Waals surface area (Å²) >= 11 is 0. The molecule has 3 aliphatic rings. The number of para-hydroxylation sites is 1.